The third-order valence-electron chi connectivity index (χ3n) is 4.59. The molecule has 0 spiro atoms. The van der Waals surface area contributed by atoms with Crippen LogP contribution in [-0.2, 0) is 24.2 Å². The number of benzene rings is 2. The Balaban J connectivity index is 1.93. The van der Waals surface area contributed by atoms with E-state index in [9.17, 15) is 9.59 Å². The van der Waals surface area contributed by atoms with Crippen molar-refractivity contribution in [2.45, 2.75) is 39.7 Å². The van der Waals surface area contributed by atoms with Crippen LogP contribution in [0.5, 0.6) is 0 Å². The number of carbonyl (C=O) groups excluding carboxylic acids is 1. The van der Waals surface area contributed by atoms with Crippen molar-refractivity contribution in [2.75, 3.05) is 5.32 Å². The Kier molecular flexibility index (Phi) is 6.83. The summed E-state index contributed by atoms with van der Waals surface area (Å²) in [5.41, 5.74) is 3.06. The van der Waals surface area contributed by atoms with Gasteiger partial charge in [-0.15, -0.1) is 0 Å². The van der Waals surface area contributed by atoms with Crippen LogP contribution in [0.4, 0.5) is 5.69 Å². The molecule has 2 aromatic carbocycles. The summed E-state index contributed by atoms with van der Waals surface area (Å²) in [6, 6.07) is 16.3. The lowest BCUT2D eigenvalue weighted by Crippen LogP contribution is -2.30. The van der Waals surface area contributed by atoms with Crippen LogP contribution in [0.1, 0.15) is 31.5 Å². The van der Waals surface area contributed by atoms with Gasteiger partial charge >= 0.3 is 0 Å². The lowest BCUT2D eigenvalue weighted by molar-refractivity contribution is -0.116. The largest absolute Gasteiger partial charge is 0.325 e. The average Bonchev–Trinajstić information content (AvgIpc) is 2.71. The Labute approximate surface area is 175 Å². The van der Waals surface area contributed by atoms with E-state index in [-0.39, 0.29) is 18.0 Å². The first-order valence-corrected chi connectivity index (χ1v) is 10.1. The van der Waals surface area contributed by atoms with Crippen molar-refractivity contribution in [3.8, 4) is 11.4 Å². The number of rotatable bonds is 7. The van der Waals surface area contributed by atoms with Crippen molar-refractivity contribution in [3.05, 3.63) is 81.2 Å². The third kappa shape index (κ3) is 5.33. The molecule has 0 atom stereocenters. The SMILES string of the molecule is CCCc1cc(=O)n(CC(=O)Nc2cccc(CC)c2)c(-c2ccc(Cl)cc2)n1. The number of amides is 1. The molecule has 0 aliphatic rings. The van der Waals surface area contributed by atoms with Crippen molar-refractivity contribution in [1.29, 1.82) is 0 Å². The average molecular weight is 410 g/mol. The summed E-state index contributed by atoms with van der Waals surface area (Å²) >= 11 is 6.00. The molecule has 0 unspecified atom stereocenters. The quantitative estimate of drug-likeness (QED) is 0.614. The summed E-state index contributed by atoms with van der Waals surface area (Å²) in [6.45, 7) is 3.97. The molecular weight excluding hydrogens is 386 g/mol. The summed E-state index contributed by atoms with van der Waals surface area (Å²) in [5.74, 6) is 0.190. The van der Waals surface area contributed by atoms with Gasteiger partial charge in [-0.2, -0.15) is 0 Å². The van der Waals surface area contributed by atoms with Crippen molar-refractivity contribution in [1.82, 2.24) is 9.55 Å². The van der Waals surface area contributed by atoms with Crippen LogP contribution in [0.3, 0.4) is 0 Å². The molecule has 5 nitrogen and oxygen atoms in total. The van der Waals surface area contributed by atoms with Crippen LogP contribution in [0.15, 0.2) is 59.4 Å². The molecule has 0 fully saturated rings. The van der Waals surface area contributed by atoms with Gasteiger partial charge in [0.05, 0.1) is 0 Å². The fourth-order valence-corrected chi connectivity index (χ4v) is 3.25. The number of nitrogens with one attached hydrogen (secondary N) is 1. The van der Waals surface area contributed by atoms with E-state index in [1.54, 1.807) is 24.3 Å². The molecule has 1 heterocycles. The molecule has 0 aliphatic heterocycles. The van der Waals surface area contributed by atoms with Crippen molar-refractivity contribution in [2.24, 2.45) is 0 Å². The standard InChI is InChI=1S/C23H24ClN3O2/c1-3-6-19-14-22(29)27(23(26-19)17-9-11-18(24)12-10-17)15-21(28)25-20-8-5-7-16(4-2)13-20/h5,7-14H,3-4,6,15H2,1-2H3,(H,25,28). The van der Waals surface area contributed by atoms with Crippen LogP contribution in [-0.4, -0.2) is 15.5 Å². The van der Waals surface area contributed by atoms with E-state index < -0.39 is 0 Å². The summed E-state index contributed by atoms with van der Waals surface area (Å²) in [4.78, 5) is 30.1. The first-order chi connectivity index (χ1) is 14.0. The lowest BCUT2D eigenvalue weighted by Gasteiger charge is -2.14. The maximum absolute atomic E-state index is 12.8. The number of anilines is 1. The Morgan fingerprint density at radius 3 is 2.55 bits per heavy atom. The second kappa shape index (κ2) is 9.52. The van der Waals surface area contributed by atoms with Gasteiger partial charge in [0.1, 0.15) is 12.4 Å². The van der Waals surface area contributed by atoms with Gasteiger partial charge in [0.25, 0.3) is 5.56 Å². The molecule has 1 N–H and O–H groups in total. The molecule has 0 radical (unpaired) electrons. The van der Waals surface area contributed by atoms with Crippen LogP contribution in [0, 0.1) is 0 Å². The van der Waals surface area contributed by atoms with Gasteiger partial charge in [-0.1, -0.05) is 44.0 Å². The number of hydrogen-bond acceptors (Lipinski definition) is 3. The molecule has 0 bridgehead atoms. The molecule has 29 heavy (non-hydrogen) atoms. The third-order valence-corrected chi connectivity index (χ3v) is 4.84. The van der Waals surface area contributed by atoms with Crippen LogP contribution >= 0.6 is 11.6 Å². The minimum absolute atomic E-state index is 0.119. The molecule has 1 aromatic heterocycles. The van der Waals surface area contributed by atoms with Gasteiger partial charge < -0.3 is 5.32 Å². The monoisotopic (exact) mass is 409 g/mol. The van der Waals surface area contributed by atoms with Gasteiger partial charge in [-0.05, 0) is 54.8 Å². The highest BCUT2D eigenvalue weighted by molar-refractivity contribution is 6.30. The number of nitrogens with zero attached hydrogens (tertiary/aromatic N) is 2. The highest BCUT2D eigenvalue weighted by Crippen LogP contribution is 2.20. The van der Waals surface area contributed by atoms with Crippen molar-refractivity contribution >= 4 is 23.2 Å². The second-order valence-electron chi connectivity index (χ2n) is 6.85. The van der Waals surface area contributed by atoms with E-state index in [2.05, 4.69) is 17.2 Å². The molecule has 0 saturated heterocycles. The highest BCUT2D eigenvalue weighted by atomic mass is 35.5. The topological polar surface area (TPSA) is 64.0 Å². The van der Waals surface area contributed by atoms with E-state index in [4.69, 9.17) is 11.6 Å². The van der Waals surface area contributed by atoms with Gasteiger partial charge in [0, 0.05) is 28.0 Å². The Morgan fingerprint density at radius 2 is 1.86 bits per heavy atom. The Bertz CT molecular complexity index is 1060. The van der Waals surface area contributed by atoms with E-state index in [0.717, 1.165) is 29.7 Å². The smallest absolute Gasteiger partial charge is 0.254 e. The van der Waals surface area contributed by atoms with Crippen LogP contribution < -0.4 is 10.9 Å². The number of hydrogen-bond donors (Lipinski definition) is 1. The first-order valence-electron chi connectivity index (χ1n) is 9.75. The van der Waals surface area contributed by atoms with Crippen molar-refractivity contribution in [3.63, 3.8) is 0 Å². The highest BCUT2D eigenvalue weighted by Gasteiger charge is 2.14. The minimum atomic E-state index is -0.277. The molecule has 0 aliphatic carbocycles. The van der Waals surface area contributed by atoms with Crippen LogP contribution in [0.2, 0.25) is 5.02 Å². The summed E-state index contributed by atoms with van der Waals surface area (Å²) < 4.78 is 1.40. The fourth-order valence-electron chi connectivity index (χ4n) is 3.12. The zero-order valence-corrected chi connectivity index (χ0v) is 17.4. The van der Waals surface area contributed by atoms with Gasteiger partial charge in [0.15, 0.2) is 0 Å². The van der Waals surface area contributed by atoms with E-state index >= 15 is 0 Å². The lowest BCUT2D eigenvalue weighted by atomic mass is 10.1. The molecule has 150 valence electrons. The Hall–Kier alpha value is -2.92. The zero-order valence-electron chi connectivity index (χ0n) is 16.6. The molecule has 1 amide bonds. The number of aromatic nitrogens is 2. The number of carbonyl (C=O) groups is 1. The fraction of sp³-hybridized carbons (Fsp3) is 0.261. The van der Waals surface area contributed by atoms with Crippen LogP contribution in [0.25, 0.3) is 11.4 Å². The van der Waals surface area contributed by atoms with Crippen molar-refractivity contribution < 1.29 is 4.79 Å². The number of halogens is 1. The summed E-state index contributed by atoms with van der Waals surface area (Å²) in [6.07, 6.45) is 2.46. The van der Waals surface area contributed by atoms with E-state index in [0.29, 0.717) is 23.0 Å². The molecular formula is C23H24ClN3O2. The molecule has 3 aromatic rings. The summed E-state index contributed by atoms with van der Waals surface area (Å²) in [7, 11) is 0. The van der Waals surface area contributed by atoms with Gasteiger partial charge in [-0.3, -0.25) is 14.2 Å². The van der Waals surface area contributed by atoms with Gasteiger partial charge in [-0.25, -0.2) is 4.98 Å². The molecule has 0 saturated carbocycles. The predicted octanol–water partition coefficient (Wildman–Crippen LogP) is 4.72. The van der Waals surface area contributed by atoms with E-state index in [1.807, 2.05) is 31.2 Å². The maximum atomic E-state index is 12.8. The maximum Gasteiger partial charge on any atom is 0.254 e. The molecule has 3 rings (SSSR count). The number of aryl methyl sites for hydroxylation is 2. The van der Waals surface area contributed by atoms with E-state index in [1.165, 1.54) is 10.6 Å². The minimum Gasteiger partial charge on any atom is -0.325 e. The predicted molar refractivity (Wildman–Crippen MR) is 117 cm³/mol. The normalized spacial score (nSPS) is 10.7. The summed E-state index contributed by atoms with van der Waals surface area (Å²) in [5, 5.41) is 3.47. The second-order valence-corrected chi connectivity index (χ2v) is 7.29. The van der Waals surface area contributed by atoms with Gasteiger partial charge in [0.2, 0.25) is 5.91 Å². The molecule has 6 heteroatoms. The zero-order chi connectivity index (χ0) is 20.8. The Morgan fingerprint density at radius 1 is 1.10 bits per heavy atom. The first kappa shape index (κ1) is 20.8.